The van der Waals surface area contributed by atoms with Crippen LogP contribution in [0, 0.1) is 10.1 Å². The minimum absolute atomic E-state index is 0.0780. The van der Waals surface area contributed by atoms with E-state index in [0.29, 0.717) is 0 Å². The van der Waals surface area contributed by atoms with Crippen molar-refractivity contribution in [1.82, 2.24) is 0 Å². The van der Waals surface area contributed by atoms with E-state index in [-0.39, 0.29) is 11.3 Å². The molecule has 6 nitrogen and oxygen atoms in total. The molecule has 0 aliphatic heterocycles. The predicted molar refractivity (Wildman–Crippen MR) is 49.8 cm³/mol. The number of rotatable bonds is 3. The van der Waals surface area contributed by atoms with E-state index in [2.05, 4.69) is 4.74 Å². The first-order chi connectivity index (χ1) is 6.97. The fraction of sp³-hybridized carbons (Fsp3) is 0.222. The number of nitrogens with zero attached hydrogens (tertiary/aromatic N) is 1. The number of methoxy groups -OCH3 is 1. The van der Waals surface area contributed by atoms with Crippen molar-refractivity contribution in [3.05, 3.63) is 27.8 Å². The van der Waals surface area contributed by atoms with Crippen molar-refractivity contribution in [2.24, 2.45) is 0 Å². The molecule has 0 unspecified atom stereocenters. The number of nitro benzene ring substituents is 1. The van der Waals surface area contributed by atoms with Gasteiger partial charge in [-0.05, 0) is 6.92 Å². The molecule has 1 aromatic carbocycles. The highest BCUT2D eigenvalue weighted by Gasteiger charge is 2.22. The Hall–Kier alpha value is -2.11. The molecule has 0 spiro atoms. The number of carbonyl (C=O) groups excluding carboxylic acids is 1. The molecule has 1 radical (unpaired) electrons. The highest BCUT2D eigenvalue weighted by molar-refractivity contribution is 5.98. The maximum Gasteiger partial charge on any atom is 0.284 e. The molecule has 0 amide bonds. The van der Waals surface area contributed by atoms with Gasteiger partial charge in [0.1, 0.15) is 0 Å². The van der Waals surface area contributed by atoms with Crippen molar-refractivity contribution < 1.29 is 19.6 Å². The summed E-state index contributed by atoms with van der Waals surface area (Å²) in [5, 5.41) is 21.8. The summed E-state index contributed by atoms with van der Waals surface area (Å²) in [6, 6.07) is 1.87. The Morgan fingerprint density at radius 2 is 2.07 bits per heavy atom. The quantitative estimate of drug-likeness (QED) is 0.433. The Kier molecular flexibility index (Phi) is 2.89. The van der Waals surface area contributed by atoms with Crippen molar-refractivity contribution in [2.45, 2.75) is 6.92 Å². The molecule has 6 heteroatoms. The predicted octanol–water partition coefficient (Wildman–Crippen LogP) is 1.95. The van der Waals surface area contributed by atoms with Crippen molar-refractivity contribution in [3.8, 4) is 11.5 Å². The normalized spacial score (nSPS) is 9.73. The topological polar surface area (TPSA) is 89.3 Å². The largest absolute Gasteiger partial charge is 0.493 e. The second kappa shape index (κ2) is 3.95. The van der Waals surface area contributed by atoms with Crippen LogP contribution in [-0.2, 0) is 5.11 Å². The number of Topliss-reactive ketones (excluding diaryl/α,β-unsaturated/α-hetero) is 1. The fourth-order valence-electron chi connectivity index (χ4n) is 1.14. The highest BCUT2D eigenvalue weighted by atomic mass is 16.6. The van der Waals surface area contributed by atoms with Gasteiger partial charge < -0.3 is 4.74 Å². The number of hydrogen-bond acceptors (Lipinski definition) is 4. The second-order valence-electron chi connectivity index (χ2n) is 2.83. The number of ketones is 1. The molecule has 0 heterocycles. The Bertz CT molecular complexity index is 427. The van der Waals surface area contributed by atoms with Gasteiger partial charge in [-0.2, -0.15) is 0 Å². The van der Waals surface area contributed by atoms with Crippen LogP contribution in [0.15, 0.2) is 12.1 Å². The summed E-state index contributed by atoms with van der Waals surface area (Å²) in [4.78, 5) is 20.9. The standard InChI is InChI=1S/C9H8NO5/c1-5(11)6-3-9(15-2)8(12)4-7(6)10(13)14/h3-4H,1-2H3. The average Bonchev–Trinajstić information content (AvgIpc) is 2.16. The second-order valence-corrected chi connectivity index (χ2v) is 2.83. The molecule has 0 aromatic heterocycles. The lowest BCUT2D eigenvalue weighted by Crippen LogP contribution is -2.00. The molecular formula is C9H8NO5. The Labute approximate surface area is 85.2 Å². The highest BCUT2D eigenvalue weighted by Crippen LogP contribution is 2.34. The van der Waals surface area contributed by atoms with Gasteiger partial charge in [-0.25, -0.2) is 0 Å². The number of hydrogen-bond donors (Lipinski definition) is 0. The average molecular weight is 210 g/mol. The van der Waals surface area contributed by atoms with Crippen LogP contribution in [0.25, 0.3) is 0 Å². The molecule has 79 valence electrons. The summed E-state index contributed by atoms with van der Waals surface area (Å²) in [7, 11) is 1.26. The molecule has 0 aliphatic carbocycles. The third-order valence-electron chi connectivity index (χ3n) is 1.86. The summed E-state index contributed by atoms with van der Waals surface area (Å²) in [6.45, 7) is 1.19. The SMILES string of the molecule is COc1cc(C(C)=O)c([N+](=O)[O-])cc1[O]. The van der Waals surface area contributed by atoms with E-state index in [1.54, 1.807) is 0 Å². The van der Waals surface area contributed by atoms with Gasteiger partial charge in [0.15, 0.2) is 11.5 Å². The molecule has 0 saturated carbocycles. The van der Waals surface area contributed by atoms with Crippen molar-refractivity contribution in [3.63, 3.8) is 0 Å². The minimum Gasteiger partial charge on any atom is -0.493 e. The van der Waals surface area contributed by atoms with Crippen LogP contribution in [0.1, 0.15) is 17.3 Å². The number of benzene rings is 1. The van der Waals surface area contributed by atoms with Gasteiger partial charge in [0.05, 0.1) is 23.7 Å². The monoisotopic (exact) mass is 210 g/mol. The third-order valence-corrected chi connectivity index (χ3v) is 1.86. The summed E-state index contributed by atoms with van der Waals surface area (Å²) in [5.74, 6) is -1.18. The fourth-order valence-corrected chi connectivity index (χ4v) is 1.14. The van der Waals surface area contributed by atoms with Crippen LogP contribution in [0.5, 0.6) is 11.5 Å². The minimum atomic E-state index is -0.766. The first-order valence-corrected chi connectivity index (χ1v) is 4.01. The molecule has 0 bridgehead atoms. The zero-order valence-electron chi connectivity index (χ0n) is 8.14. The van der Waals surface area contributed by atoms with Crippen LogP contribution < -0.4 is 4.74 Å². The van der Waals surface area contributed by atoms with Gasteiger partial charge in [-0.1, -0.05) is 0 Å². The first kappa shape index (κ1) is 11.0. The van der Waals surface area contributed by atoms with Gasteiger partial charge in [-0.15, -0.1) is 0 Å². The van der Waals surface area contributed by atoms with Crippen LogP contribution in [-0.4, -0.2) is 17.8 Å². The zero-order chi connectivity index (χ0) is 11.6. The number of carbonyl (C=O) groups is 1. The summed E-state index contributed by atoms with van der Waals surface area (Å²) < 4.78 is 4.68. The van der Waals surface area contributed by atoms with Crippen LogP contribution in [0.2, 0.25) is 0 Å². The van der Waals surface area contributed by atoms with Crippen molar-refractivity contribution >= 4 is 11.5 Å². The molecule has 1 aromatic rings. The van der Waals surface area contributed by atoms with Crippen molar-refractivity contribution in [1.29, 1.82) is 0 Å². The maximum absolute atomic E-state index is 11.2. The molecule has 0 N–H and O–H groups in total. The molecule has 0 atom stereocenters. The third kappa shape index (κ3) is 2.04. The Morgan fingerprint density at radius 3 is 2.47 bits per heavy atom. The van der Waals surface area contributed by atoms with E-state index in [0.717, 1.165) is 12.1 Å². The molecule has 0 aliphatic rings. The van der Waals surface area contributed by atoms with Crippen molar-refractivity contribution in [2.75, 3.05) is 7.11 Å². The maximum atomic E-state index is 11.2. The van der Waals surface area contributed by atoms with E-state index < -0.39 is 22.1 Å². The lowest BCUT2D eigenvalue weighted by Gasteiger charge is -2.03. The molecular weight excluding hydrogens is 202 g/mol. The van der Waals surface area contributed by atoms with E-state index in [1.807, 2.05) is 0 Å². The van der Waals surface area contributed by atoms with Gasteiger partial charge in [0.2, 0.25) is 5.75 Å². The summed E-state index contributed by atoms with van der Waals surface area (Å²) in [6.07, 6.45) is 0. The smallest absolute Gasteiger partial charge is 0.284 e. The van der Waals surface area contributed by atoms with Crippen LogP contribution in [0.4, 0.5) is 5.69 Å². The van der Waals surface area contributed by atoms with E-state index in [1.165, 1.54) is 14.0 Å². The van der Waals surface area contributed by atoms with E-state index in [4.69, 9.17) is 0 Å². The molecule has 0 saturated heterocycles. The molecule has 15 heavy (non-hydrogen) atoms. The first-order valence-electron chi connectivity index (χ1n) is 4.01. The number of nitro groups is 1. The Balaban J connectivity index is 3.45. The summed E-state index contributed by atoms with van der Waals surface area (Å²) >= 11 is 0. The lowest BCUT2D eigenvalue weighted by atomic mass is 10.1. The summed E-state index contributed by atoms with van der Waals surface area (Å²) in [5.41, 5.74) is -0.621. The van der Waals surface area contributed by atoms with E-state index >= 15 is 0 Å². The van der Waals surface area contributed by atoms with Gasteiger partial charge in [0.25, 0.3) is 5.69 Å². The van der Waals surface area contributed by atoms with Crippen LogP contribution in [0.3, 0.4) is 0 Å². The van der Waals surface area contributed by atoms with Crippen LogP contribution >= 0.6 is 0 Å². The van der Waals surface area contributed by atoms with Gasteiger partial charge in [-0.3, -0.25) is 20.0 Å². The van der Waals surface area contributed by atoms with Gasteiger partial charge in [0, 0.05) is 6.07 Å². The molecule has 1 rings (SSSR count). The number of ether oxygens (including phenoxy) is 1. The van der Waals surface area contributed by atoms with E-state index in [9.17, 15) is 20.0 Å². The molecule has 0 fully saturated rings. The van der Waals surface area contributed by atoms with Gasteiger partial charge >= 0.3 is 0 Å². The zero-order valence-corrected chi connectivity index (χ0v) is 8.14. The lowest BCUT2D eigenvalue weighted by molar-refractivity contribution is -0.385. The Morgan fingerprint density at radius 1 is 1.47 bits per heavy atom.